The van der Waals surface area contributed by atoms with Gasteiger partial charge in [-0.1, -0.05) is 6.92 Å². The molecule has 0 aliphatic heterocycles. The van der Waals surface area contributed by atoms with Crippen LogP contribution in [0.4, 0.5) is 8.78 Å². The Morgan fingerprint density at radius 3 is 2.67 bits per heavy atom. The van der Waals surface area contributed by atoms with Crippen molar-refractivity contribution in [2.24, 2.45) is 7.05 Å². The van der Waals surface area contributed by atoms with Crippen molar-refractivity contribution in [3.63, 3.8) is 0 Å². The summed E-state index contributed by atoms with van der Waals surface area (Å²) in [6.45, 7) is 4.51. The van der Waals surface area contributed by atoms with Crippen LogP contribution in [-0.2, 0) is 7.05 Å². The molecule has 0 radical (unpaired) electrons. The number of hydrogen-bond acceptors (Lipinski definition) is 2. The predicted octanol–water partition coefficient (Wildman–Crippen LogP) is 3.86. The van der Waals surface area contributed by atoms with Crippen LogP contribution in [0, 0.1) is 18.6 Å². The highest BCUT2D eigenvalue weighted by molar-refractivity contribution is 9.10. The van der Waals surface area contributed by atoms with Gasteiger partial charge in [0.15, 0.2) is 0 Å². The van der Waals surface area contributed by atoms with Crippen LogP contribution in [0.3, 0.4) is 0 Å². The molecule has 1 heterocycles. The molecule has 2 aromatic rings. The maximum absolute atomic E-state index is 14.4. The van der Waals surface area contributed by atoms with E-state index in [1.807, 2.05) is 19.9 Å². The molecule has 1 atom stereocenters. The van der Waals surface area contributed by atoms with Crippen molar-refractivity contribution in [3.05, 3.63) is 51.3 Å². The highest BCUT2D eigenvalue weighted by Crippen LogP contribution is 2.31. The minimum absolute atomic E-state index is 0.0147. The number of hydrogen-bond donors (Lipinski definition) is 1. The van der Waals surface area contributed by atoms with Crippen LogP contribution in [0.2, 0.25) is 0 Å². The van der Waals surface area contributed by atoms with E-state index in [0.29, 0.717) is 6.54 Å². The van der Waals surface area contributed by atoms with Gasteiger partial charge in [0.25, 0.3) is 0 Å². The van der Waals surface area contributed by atoms with Gasteiger partial charge in [-0.2, -0.15) is 5.10 Å². The lowest BCUT2D eigenvalue weighted by atomic mass is 10.0. The molecule has 0 amide bonds. The fourth-order valence-corrected chi connectivity index (χ4v) is 2.70. The van der Waals surface area contributed by atoms with Crippen LogP contribution in [0.5, 0.6) is 0 Å². The van der Waals surface area contributed by atoms with E-state index < -0.39 is 17.7 Å². The zero-order valence-corrected chi connectivity index (χ0v) is 13.8. The van der Waals surface area contributed by atoms with E-state index in [0.717, 1.165) is 17.8 Å². The minimum atomic E-state index is -0.581. The van der Waals surface area contributed by atoms with E-state index in [2.05, 4.69) is 26.3 Å². The molecular formula is C15H18BrF2N3. The summed E-state index contributed by atoms with van der Waals surface area (Å²) >= 11 is 3.12. The number of halogens is 3. The number of benzene rings is 1. The summed E-state index contributed by atoms with van der Waals surface area (Å²) in [6.07, 6.45) is 0.866. The molecule has 6 heteroatoms. The second kappa shape index (κ2) is 6.66. The molecule has 21 heavy (non-hydrogen) atoms. The Bertz CT molecular complexity index is 640. The fraction of sp³-hybridized carbons (Fsp3) is 0.400. The van der Waals surface area contributed by atoms with Gasteiger partial charge in [0.1, 0.15) is 11.6 Å². The molecule has 1 aromatic heterocycles. The maximum Gasteiger partial charge on any atom is 0.145 e. The van der Waals surface area contributed by atoms with Gasteiger partial charge < -0.3 is 5.32 Å². The van der Waals surface area contributed by atoms with Crippen molar-refractivity contribution >= 4 is 15.9 Å². The lowest BCUT2D eigenvalue weighted by molar-refractivity contribution is 0.483. The molecule has 3 nitrogen and oxygen atoms in total. The summed E-state index contributed by atoms with van der Waals surface area (Å²) in [7, 11) is 1.77. The molecule has 114 valence electrons. The first kappa shape index (κ1) is 16.1. The zero-order chi connectivity index (χ0) is 15.6. The molecule has 0 bridgehead atoms. The van der Waals surface area contributed by atoms with Gasteiger partial charge in [-0.15, -0.1) is 0 Å². The molecule has 0 aliphatic rings. The summed E-state index contributed by atoms with van der Waals surface area (Å²) in [5.74, 6) is -1.15. The van der Waals surface area contributed by atoms with Gasteiger partial charge in [-0.05, 0) is 54.0 Å². The fourth-order valence-electron chi connectivity index (χ4n) is 2.35. The zero-order valence-electron chi connectivity index (χ0n) is 12.3. The summed E-state index contributed by atoms with van der Waals surface area (Å²) in [5.41, 5.74) is 1.56. The topological polar surface area (TPSA) is 29.9 Å². The summed E-state index contributed by atoms with van der Waals surface area (Å²) < 4.78 is 30.5. The molecule has 0 saturated heterocycles. The van der Waals surface area contributed by atoms with Crippen molar-refractivity contribution < 1.29 is 8.78 Å². The Morgan fingerprint density at radius 2 is 2.10 bits per heavy atom. The Hall–Kier alpha value is -1.27. The van der Waals surface area contributed by atoms with Crippen LogP contribution in [0.25, 0.3) is 0 Å². The minimum Gasteiger partial charge on any atom is -0.305 e. The summed E-state index contributed by atoms with van der Waals surface area (Å²) in [5, 5.41) is 7.47. The monoisotopic (exact) mass is 357 g/mol. The van der Waals surface area contributed by atoms with E-state index in [1.54, 1.807) is 11.7 Å². The van der Waals surface area contributed by atoms with Gasteiger partial charge in [-0.25, -0.2) is 8.78 Å². The van der Waals surface area contributed by atoms with Gasteiger partial charge >= 0.3 is 0 Å². The lowest BCUT2D eigenvalue weighted by Crippen LogP contribution is -2.27. The van der Waals surface area contributed by atoms with Crippen molar-refractivity contribution in [2.75, 3.05) is 6.54 Å². The largest absolute Gasteiger partial charge is 0.305 e. The third kappa shape index (κ3) is 3.32. The quantitative estimate of drug-likeness (QED) is 0.823. The standard InChI is InChI=1S/C15H18BrF2N3/c1-4-7-19-15(12-8-9(2)20-21(12)3)13-11(17)6-5-10(16)14(13)18/h5-6,8,15,19H,4,7H2,1-3H3. The van der Waals surface area contributed by atoms with E-state index in [1.165, 1.54) is 12.1 Å². The summed E-state index contributed by atoms with van der Waals surface area (Å²) in [6, 6.07) is 3.91. The van der Waals surface area contributed by atoms with Gasteiger partial charge in [0, 0.05) is 12.6 Å². The molecule has 1 unspecified atom stereocenters. The lowest BCUT2D eigenvalue weighted by Gasteiger charge is -2.21. The van der Waals surface area contributed by atoms with Crippen LogP contribution in [0.1, 0.15) is 36.3 Å². The van der Waals surface area contributed by atoms with Crippen LogP contribution in [-0.4, -0.2) is 16.3 Å². The van der Waals surface area contributed by atoms with Crippen molar-refractivity contribution in [1.82, 2.24) is 15.1 Å². The molecular weight excluding hydrogens is 340 g/mol. The third-order valence-electron chi connectivity index (χ3n) is 3.30. The first-order chi connectivity index (χ1) is 9.95. The van der Waals surface area contributed by atoms with E-state index in [9.17, 15) is 8.78 Å². The van der Waals surface area contributed by atoms with E-state index in [-0.39, 0.29) is 10.0 Å². The van der Waals surface area contributed by atoms with E-state index >= 15 is 0 Å². The number of rotatable bonds is 5. The molecule has 0 aliphatic carbocycles. The number of aryl methyl sites for hydroxylation is 2. The second-order valence-corrected chi connectivity index (χ2v) is 5.83. The first-order valence-electron chi connectivity index (χ1n) is 6.83. The number of nitrogens with zero attached hydrogens (tertiary/aromatic N) is 2. The SMILES string of the molecule is CCCNC(c1c(F)ccc(Br)c1F)c1cc(C)nn1C. The van der Waals surface area contributed by atoms with Crippen LogP contribution >= 0.6 is 15.9 Å². The summed E-state index contributed by atoms with van der Waals surface area (Å²) in [4.78, 5) is 0. The highest BCUT2D eigenvalue weighted by Gasteiger charge is 2.25. The van der Waals surface area contributed by atoms with Gasteiger partial charge in [0.05, 0.1) is 21.9 Å². The van der Waals surface area contributed by atoms with Crippen LogP contribution in [0.15, 0.2) is 22.7 Å². The van der Waals surface area contributed by atoms with Crippen molar-refractivity contribution in [1.29, 1.82) is 0 Å². The molecule has 1 aromatic carbocycles. The average Bonchev–Trinajstić information content (AvgIpc) is 2.77. The Balaban J connectivity index is 2.56. The normalized spacial score (nSPS) is 12.7. The smallest absolute Gasteiger partial charge is 0.145 e. The second-order valence-electron chi connectivity index (χ2n) is 4.98. The van der Waals surface area contributed by atoms with Crippen molar-refractivity contribution in [3.8, 4) is 0 Å². The maximum atomic E-state index is 14.4. The van der Waals surface area contributed by atoms with Crippen LogP contribution < -0.4 is 5.32 Å². The first-order valence-corrected chi connectivity index (χ1v) is 7.62. The average molecular weight is 358 g/mol. The Labute approximate surface area is 131 Å². The number of nitrogens with one attached hydrogen (secondary N) is 1. The molecule has 0 fully saturated rings. The molecule has 0 spiro atoms. The van der Waals surface area contributed by atoms with E-state index in [4.69, 9.17) is 0 Å². The molecule has 0 saturated carbocycles. The van der Waals surface area contributed by atoms with Gasteiger partial charge in [-0.3, -0.25) is 4.68 Å². The predicted molar refractivity (Wildman–Crippen MR) is 82.1 cm³/mol. The number of aromatic nitrogens is 2. The third-order valence-corrected chi connectivity index (χ3v) is 3.91. The Kier molecular flexibility index (Phi) is 5.11. The molecule has 2 rings (SSSR count). The van der Waals surface area contributed by atoms with Gasteiger partial charge in [0.2, 0.25) is 0 Å². The van der Waals surface area contributed by atoms with Crippen molar-refractivity contribution in [2.45, 2.75) is 26.3 Å². The Morgan fingerprint density at radius 1 is 1.38 bits per heavy atom. The highest BCUT2D eigenvalue weighted by atomic mass is 79.9. The molecule has 1 N–H and O–H groups in total.